The van der Waals surface area contributed by atoms with Crippen LogP contribution >= 0.6 is 27.5 Å². The lowest BCUT2D eigenvalue weighted by atomic mass is 10.2. The monoisotopic (exact) mass is 390 g/mol. The minimum atomic E-state index is -3.87. The van der Waals surface area contributed by atoms with Crippen LogP contribution in [0.25, 0.3) is 0 Å². The first-order chi connectivity index (χ1) is 9.79. The van der Waals surface area contributed by atoms with Crippen molar-refractivity contribution in [3.05, 3.63) is 51.7 Å². The molecule has 0 amide bonds. The molecule has 0 aliphatic carbocycles. The fourth-order valence-electron chi connectivity index (χ4n) is 1.51. The molecular formula is C12H8BrClN2O4S. The predicted octanol–water partition coefficient (Wildman–Crippen LogP) is 3.00. The number of nitrogens with one attached hydrogen (secondary N) is 1. The van der Waals surface area contributed by atoms with E-state index in [4.69, 9.17) is 16.7 Å². The van der Waals surface area contributed by atoms with E-state index in [0.717, 1.165) is 6.07 Å². The molecule has 2 N–H and O–H groups in total. The molecule has 0 saturated carbocycles. The lowest BCUT2D eigenvalue weighted by molar-refractivity contribution is 0.0697. The maximum atomic E-state index is 12.2. The van der Waals surface area contributed by atoms with Gasteiger partial charge in [-0.3, -0.25) is 9.71 Å². The molecule has 0 bridgehead atoms. The number of aromatic nitrogens is 1. The number of hydrogen-bond donors (Lipinski definition) is 2. The molecule has 0 atom stereocenters. The lowest BCUT2D eigenvalue weighted by Crippen LogP contribution is -2.13. The van der Waals surface area contributed by atoms with Gasteiger partial charge in [0.25, 0.3) is 10.0 Å². The molecule has 6 nitrogen and oxygen atoms in total. The highest BCUT2D eigenvalue weighted by Gasteiger charge is 2.17. The van der Waals surface area contributed by atoms with Gasteiger partial charge in [-0.25, -0.2) is 13.2 Å². The number of sulfonamides is 1. The van der Waals surface area contributed by atoms with E-state index in [1.807, 2.05) is 0 Å². The number of carboxylic acids is 1. The Morgan fingerprint density at radius 3 is 2.62 bits per heavy atom. The number of pyridine rings is 1. The zero-order valence-electron chi connectivity index (χ0n) is 10.2. The Balaban J connectivity index is 2.37. The molecule has 2 aromatic rings. The quantitative estimate of drug-likeness (QED) is 0.835. The number of carbonyl (C=O) groups is 1. The first-order valence-electron chi connectivity index (χ1n) is 5.46. The van der Waals surface area contributed by atoms with E-state index in [9.17, 15) is 13.2 Å². The van der Waals surface area contributed by atoms with Crippen LogP contribution in [0.15, 0.2) is 46.0 Å². The summed E-state index contributed by atoms with van der Waals surface area (Å²) in [4.78, 5) is 14.7. The maximum absolute atomic E-state index is 12.2. The second-order valence-electron chi connectivity index (χ2n) is 3.94. The first-order valence-corrected chi connectivity index (χ1v) is 8.11. The van der Waals surface area contributed by atoms with Crippen molar-refractivity contribution in [2.24, 2.45) is 0 Å². The third-order valence-corrected chi connectivity index (χ3v) is 4.55. The number of hydrogen-bond acceptors (Lipinski definition) is 4. The summed E-state index contributed by atoms with van der Waals surface area (Å²) in [6.45, 7) is 0. The van der Waals surface area contributed by atoms with Crippen molar-refractivity contribution >= 4 is 49.2 Å². The summed E-state index contributed by atoms with van der Waals surface area (Å²) in [5.74, 6) is -1.25. The van der Waals surface area contributed by atoms with E-state index >= 15 is 0 Å². The second kappa shape index (κ2) is 6.00. The van der Waals surface area contributed by atoms with Crippen molar-refractivity contribution < 1.29 is 18.3 Å². The molecule has 0 spiro atoms. The van der Waals surface area contributed by atoms with Gasteiger partial charge in [0.05, 0.1) is 10.6 Å². The van der Waals surface area contributed by atoms with E-state index in [-0.39, 0.29) is 21.2 Å². The average molecular weight is 392 g/mol. The number of benzene rings is 1. The predicted molar refractivity (Wildman–Crippen MR) is 81.2 cm³/mol. The average Bonchev–Trinajstić information content (AvgIpc) is 2.40. The normalized spacial score (nSPS) is 11.1. The molecule has 2 rings (SSSR count). The molecule has 1 heterocycles. The largest absolute Gasteiger partial charge is 0.478 e. The highest BCUT2D eigenvalue weighted by Crippen LogP contribution is 2.23. The number of anilines is 1. The minimum absolute atomic E-state index is 0.0228. The smallest absolute Gasteiger partial charge is 0.337 e. The number of carboxylic acid groups (broad SMARTS) is 1. The van der Waals surface area contributed by atoms with Crippen LogP contribution < -0.4 is 4.72 Å². The van der Waals surface area contributed by atoms with Gasteiger partial charge in [-0.1, -0.05) is 11.6 Å². The van der Waals surface area contributed by atoms with Crippen molar-refractivity contribution in [2.45, 2.75) is 4.90 Å². The lowest BCUT2D eigenvalue weighted by Gasteiger charge is -2.09. The summed E-state index contributed by atoms with van der Waals surface area (Å²) >= 11 is 8.86. The van der Waals surface area contributed by atoms with E-state index in [1.165, 1.54) is 30.6 Å². The zero-order valence-corrected chi connectivity index (χ0v) is 13.4. The molecule has 21 heavy (non-hydrogen) atoms. The van der Waals surface area contributed by atoms with E-state index in [1.54, 1.807) is 0 Å². The highest BCUT2D eigenvalue weighted by molar-refractivity contribution is 9.10. The summed E-state index contributed by atoms with van der Waals surface area (Å²) in [5.41, 5.74) is -0.0963. The van der Waals surface area contributed by atoms with Crippen LogP contribution in [0.5, 0.6) is 0 Å². The van der Waals surface area contributed by atoms with Gasteiger partial charge in [0.1, 0.15) is 4.90 Å². The molecular weight excluding hydrogens is 384 g/mol. The van der Waals surface area contributed by atoms with Gasteiger partial charge in [-0.05, 0) is 40.2 Å². The van der Waals surface area contributed by atoms with Gasteiger partial charge in [-0.15, -0.1) is 0 Å². The van der Waals surface area contributed by atoms with Crippen molar-refractivity contribution in [2.75, 3.05) is 4.72 Å². The van der Waals surface area contributed by atoms with Crippen LogP contribution in [-0.4, -0.2) is 24.5 Å². The zero-order chi connectivity index (χ0) is 15.6. The van der Waals surface area contributed by atoms with Crippen LogP contribution in [0, 0.1) is 0 Å². The minimum Gasteiger partial charge on any atom is -0.478 e. The van der Waals surface area contributed by atoms with Gasteiger partial charge in [0, 0.05) is 22.6 Å². The van der Waals surface area contributed by atoms with Crippen LogP contribution in [0.2, 0.25) is 5.02 Å². The van der Waals surface area contributed by atoms with Crippen molar-refractivity contribution in [3.63, 3.8) is 0 Å². The fraction of sp³-hybridized carbons (Fsp3) is 0. The molecule has 0 radical (unpaired) electrons. The van der Waals surface area contributed by atoms with Gasteiger partial charge < -0.3 is 5.11 Å². The third kappa shape index (κ3) is 3.72. The van der Waals surface area contributed by atoms with Gasteiger partial charge in [0.15, 0.2) is 0 Å². The van der Waals surface area contributed by atoms with Crippen molar-refractivity contribution in [1.29, 1.82) is 0 Å². The molecule has 0 saturated heterocycles. The molecule has 0 aliphatic rings. The second-order valence-corrected chi connectivity index (χ2v) is 6.95. The summed E-state index contributed by atoms with van der Waals surface area (Å²) in [7, 11) is -3.87. The molecule has 1 aromatic carbocycles. The van der Waals surface area contributed by atoms with E-state index < -0.39 is 16.0 Å². The van der Waals surface area contributed by atoms with Crippen molar-refractivity contribution in [1.82, 2.24) is 4.98 Å². The summed E-state index contributed by atoms with van der Waals surface area (Å²) < 4.78 is 27.1. The molecule has 110 valence electrons. The highest BCUT2D eigenvalue weighted by atomic mass is 79.9. The Hall–Kier alpha value is -1.64. The molecule has 0 unspecified atom stereocenters. The Labute approximate surface area is 134 Å². The van der Waals surface area contributed by atoms with E-state index in [2.05, 4.69) is 25.6 Å². The first kappa shape index (κ1) is 15.7. The Morgan fingerprint density at radius 1 is 1.29 bits per heavy atom. The topological polar surface area (TPSA) is 96.4 Å². The number of rotatable bonds is 4. The standard InChI is InChI=1S/C12H8BrClN2O4S/c13-7-3-9(6-15-5-7)21(19,20)16-8-1-2-11(14)10(4-8)12(17)18/h1-6,16H,(H,17,18). The Bertz CT molecular complexity index is 811. The van der Waals surface area contributed by atoms with Crippen molar-refractivity contribution in [3.8, 4) is 0 Å². The van der Waals surface area contributed by atoms with Gasteiger partial charge in [-0.2, -0.15) is 0 Å². The van der Waals surface area contributed by atoms with Crippen LogP contribution in [-0.2, 0) is 10.0 Å². The SMILES string of the molecule is O=C(O)c1cc(NS(=O)(=O)c2cncc(Br)c2)ccc1Cl. The van der Waals surface area contributed by atoms with Crippen LogP contribution in [0.3, 0.4) is 0 Å². The number of nitrogens with zero attached hydrogens (tertiary/aromatic N) is 1. The Morgan fingerprint density at radius 2 is 2.00 bits per heavy atom. The number of aromatic carboxylic acids is 1. The van der Waals surface area contributed by atoms with Gasteiger partial charge >= 0.3 is 5.97 Å². The molecule has 0 aliphatic heterocycles. The fourth-order valence-corrected chi connectivity index (χ4v) is 3.26. The Kier molecular flexibility index (Phi) is 4.50. The van der Waals surface area contributed by atoms with Gasteiger partial charge in [0.2, 0.25) is 0 Å². The molecule has 1 aromatic heterocycles. The summed E-state index contributed by atoms with van der Waals surface area (Å²) in [6, 6.07) is 5.21. The number of halogens is 2. The van der Waals surface area contributed by atoms with Crippen LogP contribution in [0.1, 0.15) is 10.4 Å². The third-order valence-electron chi connectivity index (χ3n) is 2.44. The maximum Gasteiger partial charge on any atom is 0.337 e. The summed E-state index contributed by atoms with van der Waals surface area (Å²) in [6.07, 6.45) is 2.63. The van der Waals surface area contributed by atoms with Crippen LogP contribution in [0.4, 0.5) is 5.69 Å². The summed E-state index contributed by atoms with van der Waals surface area (Å²) in [5, 5.41) is 8.99. The molecule has 9 heteroatoms. The molecule has 0 fully saturated rings. The van der Waals surface area contributed by atoms with E-state index in [0.29, 0.717) is 4.47 Å².